The van der Waals surface area contributed by atoms with Crippen LogP contribution in [0.5, 0.6) is 0 Å². The Kier molecular flexibility index (Phi) is 4.85. The smallest absolute Gasteiger partial charge is 0.262 e. The minimum absolute atomic E-state index is 0.0638. The van der Waals surface area contributed by atoms with Gasteiger partial charge in [0.2, 0.25) is 11.8 Å². The van der Waals surface area contributed by atoms with Crippen molar-refractivity contribution in [3.05, 3.63) is 70.9 Å². The first-order valence-corrected chi connectivity index (χ1v) is 11.5. The van der Waals surface area contributed by atoms with E-state index in [1.165, 1.54) is 0 Å². The monoisotopic (exact) mass is 471 g/mol. The highest BCUT2D eigenvalue weighted by atomic mass is 16.3. The van der Waals surface area contributed by atoms with Crippen LogP contribution in [0.4, 0.5) is 0 Å². The molecule has 3 aliphatic rings. The maximum absolute atomic E-state index is 13.1. The zero-order valence-corrected chi connectivity index (χ0v) is 18.5. The van der Waals surface area contributed by atoms with Crippen LogP contribution in [0.3, 0.4) is 0 Å². The number of aliphatic hydroxyl groups excluding tert-OH is 1. The van der Waals surface area contributed by atoms with Gasteiger partial charge in [-0.1, -0.05) is 35.5 Å². The first-order chi connectivity index (χ1) is 16.9. The highest BCUT2D eigenvalue weighted by Gasteiger charge is 2.44. The van der Waals surface area contributed by atoms with Crippen LogP contribution in [0.25, 0.3) is 11.3 Å². The quantitative estimate of drug-likeness (QED) is 0.549. The molecule has 2 aromatic carbocycles. The van der Waals surface area contributed by atoms with Gasteiger partial charge in [0.05, 0.1) is 23.4 Å². The van der Waals surface area contributed by atoms with Gasteiger partial charge >= 0.3 is 0 Å². The van der Waals surface area contributed by atoms with E-state index in [-0.39, 0.29) is 30.0 Å². The number of amides is 4. The summed E-state index contributed by atoms with van der Waals surface area (Å²) in [4.78, 5) is 50.7. The van der Waals surface area contributed by atoms with E-state index in [2.05, 4.69) is 15.6 Å². The molecule has 0 radical (unpaired) electrons. The van der Waals surface area contributed by atoms with Crippen molar-refractivity contribution in [3.8, 4) is 11.3 Å². The van der Waals surface area contributed by atoms with Crippen LogP contribution in [0.15, 0.2) is 48.7 Å². The summed E-state index contributed by atoms with van der Waals surface area (Å²) in [6.07, 6.45) is 2.68. The zero-order valence-electron chi connectivity index (χ0n) is 18.5. The second kappa shape index (κ2) is 7.95. The Hall–Kier alpha value is -4.18. The molecule has 6 rings (SSSR count). The van der Waals surface area contributed by atoms with E-state index in [0.717, 1.165) is 22.4 Å². The molecule has 10 nitrogen and oxygen atoms in total. The number of nitrogens with one attached hydrogen (secondary N) is 1. The van der Waals surface area contributed by atoms with Crippen LogP contribution < -0.4 is 5.32 Å². The molecule has 3 heterocycles. The SMILES string of the molecule is O=C1CCC(N2C(=O)c3ccc(-c4cn([C@@H]5c6ccccc6CC[C@H]5O)nn4)cc3C2=O)C(=O)N1. The Labute approximate surface area is 199 Å². The van der Waals surface area contributed by atoms with Crippen molar-refractivity contribution in [2.75, 3.05) is 0 Å². The predicted octanol–water partition coefficient (Wildman–Crippen LogP) is 1.24. The number of carbonyl (C=O) groups excluding carboxylic acids is 4. The van der Waals surface area contributed by atoms with Gasteiger partial charge in [-0.3, -0.25) is 29.4 Å². The number of hydrogen-bond acceptors (Lipinski definition) is 7. The van der Waals surface area contributed by atoms with Crippen LogP contribution in [0, 0.1) is 0 Å². The third-order valence-corrected chi connectivity index (χ3v) is 6.98. The van der Waals surface area contributed by atoms with Gasteiger partial charge in [-0.15, -0.1) is 5.10 Å². The molecule has 1 fully saturated rings. The summed E-state index contributed by atoms with van der Waals surface area (Å²) in [5, 5.41) is 21.4. The Morgan fingerprint density at radius 1 is 0.943 bits per heavy atom. The fraction of sp³-hybridized carbons (Fsp3) is 0.280. The van der Waals surface area contributed by atoms with Crippen LogP contribution >= 0.6 is 0 Å². The molecule has 4 amide bonds. The second-order valence-electron chi connectivity index (χ2n) is 9.04. The fourth-order valence-electron chi connectivity index (χ4n) is 5.21. The molecule has 35 heavy (non-hydrogen) atoms. The first-order valence-electron chi connectivity index (χ1n) is 11.5. The van der Waals surface area contributed by atoms with Crippen molar-refractivity contribution < 1.29 is 24.3 Å². The molecule has 1 unspecified atom stereocenters. The Balaban J connectivity index is 1.31. The van der Waals surface area contributed by atoms with Crippen molar-refractivity contribution in [1.29, 1.82) is 0 Å². The molecule has 1 aliphatic carbocycles. The molecule has 1 saturated heterocycles. The lowest BCUT2D eigenvalue weighted by Gasteiger charge is -2.30. The summed E-state index contributed by atoms with van der Waals surface area (Å²) in [7, 11) is 0. The van der Waals surface area contributed by atoms with Crippen molar-refractivity contribution in [3.63, 3.8) is 0 Å². The topological polar surface area (TPSA) is 134 Å². The normalized spacial score (nSPS) is 23.8. The molecule has 1 aromatic heterocycles. The summed E-state index contributed by atoms with van der Waals surface area (Å²) in [5.41, 5.74) is 3.61. The zero-order chi connectivity index (χ0) is 24.3. The van der Waals surface area contributed by atoms with Gasteiger partial charge in [-0.25, -0.2) is 4.68 Å². The maximum Gasteiger partial charge on any atom is 0.262 e. The molecular formula is C25H21N5O5. The van der Waals surface area contributed by atoms with Gasteiger partial charge in [0, 0.05) is 12.0 Å². The summed E-state index contributed by atoms with van der Waals surface area (Å²) >= 11 is 0. The molecule has 0 bridgehead atoms. The number of nitrogens with zero attached hydrogens (tertiary/aromatic N) is 4. The van der Waals surface area contributed by atoms with E-state index in [1.807, 2.05) is 24.3 Å². The van der Waals surface area contributed by atoms with E-state index >= 15 is 0 Å². The van der Waals surface area contributed by atoms with E-state index in [4.69, 9.17) is 0 Å². The van der Waals surface area contributed by atoms with Gasteiger partial charge in [-0.2, -0.15) is 0 Å². The average Bonchev–Trinajstić information content (AvgIpc) is 3.43. The van der Waals surface area contributed by atoms with Gasteiger partial charge in [-0.05, 0) is 42.5 Å². The number of aromatic nitrogens is 3. The largest absolute Gasteiger partial charge is 0.391 e. The van der Waals surface area contributed by atoms with Crippen LogP contribution in [0.2, 0.25) is 0 Å². The minimum Gasteiger partial charge on any atom is -0.391 e. The second-order valence-corrected chi connectivity index (χ2v) is 9.04. The third-order valence-electron chi connectivity index (χ3n) is 6.98. The van der Waals surface area contributed by atoms with E-state index in [0.29, 0.717) is 17.7 Å². The molecule has 0 saturated carbocycles. The van der Waals surface area contributed by atoms with E-state index in [1.54, 1.807) is 29.1 Å². The number of imide groups is 2. The molecule has 2 aliphatic heterocycles. The molecule has 3 aromatic rings. The molecule has 3 atom stereocenters. The van der Waals surface area contributed by atoms with Crippen LogP contribution in [-0.2, 0) is 16.0 Å². The summed E-state index contributed by atoms with van der Waals surface area (Å²) in [5.74, 6) is -2.20. The number of piperidine rings is 1. The standard InChI is InChI=1S/C25H21N5O5/c31-20-9-6-13-3-1-2-4-15(13)22(20)29-12-18(27-28-29)14-5-7-16-17(11-14)25(35)30(24(16)34)19-8-10-21(32)26-23(19)33/h1-5,7,11-12,19-20,22,31H,6,8-10H2,(H,26,32,33)/t19?,20-,22-/m1/s1. The minimum atomic E-state index is -1.02. The average molecular weight is 471 g/mol. The molecule has 0 spiro atoms. The Morgan fingerprint density at radius 3 is 2.57 bits per heavy atom. The van der Waals surface area contributed by atoms with Gasteiger partial charge < -0.3 is 5.11 Å². The van der Waals surface area contributed by atoms with Crippen molar-refractivity contribution in [2.24, 2.45) is 0 Å². The van der Waals surface area contributed by atoms with E-state index in [9.17, 15) is 24.3 Å². The first kappa shape index (κ1) is 21.4. The highest BCUT2D eigenvalue weighted by Crippen LogP contribution is 2.34. The highest BCUT2D eigenvalue weighted by molar-refractivity contribution is 6.23. The number of carbonyl (C=O) groups is 4. The maximum atomic E-state index is 13.1. The molecule has 10 heteroatoms. The Bertz CT molecular complexity index is 1410. The summed E-state index contributed by atoms with van der Waals surface area (Å²) in [6.45, 7) is 0. The number of fused-ring (bicyclic) bond motifs is 2. The lowest BCUT2D eigenvalue weighted by molar-refractivity contribution is -0.136. The number of aliphatic hydroxyl groups is 1. The van der Waals surface area contributed by atoms with E-state index < -0.39 is 35.8 Å². The third kappa shape index (κ3) is 3.36. The summed E-state index contributed by atoms with van der Waals surface area (Å²) < 4.78 is 1.63. The number of benzene rings is 2. The van der Waals surface area contributed by atoms with Crippen molar-refractivity contribution in [2.45, 2.75) is 43.9 Å². The van der Waals surface area contributed by atoms with Crippen molar-refractivity contribution in [1.82, 2.24) is 25.2 Å². The van der Waals surface area contributed by atoms with Crippen molar-refractivity contribution >= 4 is 23.6 Å². The number of hydrogen-bond donors (Lipinski definition) is 2. The van der Waals surface area contributed by atoms with Crippen LogP contribution in [-0.4, -0.2) is 60.8 Å². The van der Waals surface area contributed by atoms with Gasteiger partial charge in [0.15, 0.2) is 0 Å². The number of aryl methyl sites for hydroxylation is 1. The lowest BCUT2D eigenvalue weighted by atomic mass is 9.86. The Morgan fingerprint density at radius 2 is 1.74 bits per heavy atom. The predicted molar refractivity (Wildman–Crippen MR) is 121 cm³/mol. The van der Waals surface area contributed by atoms with Crippen LogP contribution in [0.1, 0.15) is 57.1 Å². The molecule has 176 valence electrons. The van der Waals surface area contributed by atoms with Gasteiger partial charge in [0.25, 0.3) is 11.8 Å². The lowest BCUT2D eigenvalue weighted by Crippen LogP contribution is -2.54. The number of rotatable bonds is 3. The molecule has 2 N–H and O–H groups in total. The molecular weight excluding hydrogens is 450 g/mol. The fourth-order valence-corrected chi connectivity index (χ4v) is 5.21. The summed E-state index contributed by atoms with van der Waals surface area (Å²) in [6, 6.07) is 11.3. The van der Waals surface area contributed by atoms with Gasteiger partial charge in [0.1, 0.15) is 17.8 Å².